The summed E-state index contributed by atoms with van der Waals surface area (Å²) in [7, 11) is 0. The molecule has 2 aromatic heterocycles. The summed E-state index contributed by atoms with van der Waals surface area (Å²) in [5, 5.41) is 5.11. The highest BCUT2D eigenvalue weighted by Gasteiger charge is 2.36. The second-order valence-corrected chi connectivity index (χ2v) is 8.56. The van der Waals surface area contributed by atoms with Crippen molar-refractivity contribution in [3.05, 3.63) is 76.4 Å². The van der Waals surface area contributed by atoms with E-state index in [2.05, 4.69) is 12.2 Å². The van der Waals surface area contributed by atoms with Crippen molar-refractivity contribution < 1.29 is 14.0 Å². The Morgan fingerprint density at radius 1 is 1.13 bits per heavy atom. The molecule has 2 heterocycles. The summed E-state index contributed by atoms with van der Waals surface area (Å²) in [6, 6.07) is 14.4. The number of rotatable bonds is 7. The molecular weight excluding hydrogens is 396 g/mol. The maximum atomic E-state index is 13.5. The van der Waals surface area contributed by atoms with Crippen molar-refractivity contribution in [2.24, 2.45) is 0 Å². The third kappa shape index (κ3) is 4.33. The van der Waals surface area contributed by atoms with E-state index in [9.17, 15) is 9.59 Å². The molecule has 1 N–H and O–H groups in total. The van der Waals surface area contributed by atoms with E-state index in [1.807, 2.05) is 41.8 Å². The number of carbonyl (C=O) groups is 2. The zero-order chi connectivity index (χ0) is 20.9. The number of nitrogens with one attached hydrogen (secondary N) is 1. The predicted molar refractivity (Wildman–Crippen MR) is 119 cm³/mol. The van der Waals surface area contributed by atoms with Crippen LogP contribution in [0.5, 0.6) is 0 Å². The fraction of sp³-hybridized carbons (Fsp3) is 0.333. The van der Waals surface area contributed by atoms with Crippen molar-refractivity contribution in [3.63, 3.8) is 0 Å². The number of aryl methyl sites for hydroxylation is 1. The molecule has 0 saturated heterocycles. The zero-order valence-electron chi connectivity index (χ0n) is 17.0. The summed E-state index contributed by atoms with van der Waals surface area (Å²) >= 11 is 1.48. The van der Waals surface area contributed by atoms with Crippen molar-refractivity contribution in [2.75, 3.05) is 4.90 Å². The van der Waals surface area contributed by atoms with Crippen LogP contribution < -0.4 is 10.2 Å². The van der Waals surface area contributed by atoms with Crippen molar-refractivity contribution in [1.82, 2.24) is 5.32 Å². The number of amides is 2. The van der Waals surface area contributed by atoms with Crippen LogP contribution in [0.3, 0.4) is 0 Å². The van der Waals surface area contributed by atoms with Crippen molar-refractivity contribution in [3.8, 4) is 0 Å². The van der Waals surface area contributed by atoms with Crippen LogP contribution in [0.25, 0.3) is 0 Å². The van der Waals surface area contributed by atoms with E-state index in [0.29, 0.717) is 5.69 Å². The molecule has 1 atom stereocenters. The number of benzene rings is 1. The van der Waals surface area contributed by atoms with Gasteiger partial charge in [-0.1, -0.05) is 38.0 Å². The summed E-state index contributed by atoms with van der Waals surface area (Å²) < 4.78 is 5.40. The van der Waals surface area contributed by atoms with Crippen LogP contribution in [0, 0.1) is 0 Å². The molecule has 0 bridgehead atoms. The highest BCUT2D eigenvalue weighted by molar-refractivity contribution is 7.10. The van der Waals surface area contributed by atoms with Gasteiger partial charge in [-0.25, -0.2) is 0 Å². The first-order valence-electron chi connectivity index (χ1n) is 10.5. The standard InChI is InChI=1S/C24H26N2O3S/c1-2-17-11-13-19(14-12-17)26(24(28)20-9-5-15-29-20)22(21-10-6-16-30-21)23(27)25-18-7-3-4-8-18/h5-6,9-16,18,22H,2-4,7-8H2,1H3,(H,25,27)/t22-/m0/s1. The summed E-state index contributed by atoms with van der Waals surface area (Å²) in [6.45, 7) is 2.09. The summed E-state index contributed by atoms with van der Waals surface area (Å²) in [5.74, 6) is -0.266. The molecule has 1 aliphatic carbocycles. The van der Waals surface area contributed by atoms with Crippen molar-refractivity contribution in [2.45, 2.75) is 51.1 Å². The number of anilines is 1. The van der Waals surface area contributed by atoms with E-state index >= 15 is 0 Å². The molecular formula is C24H26N2O3S. The molecule has 6 heteroatoms. The molecule has 5 nitrogen and oxygen atoms in total. The normalized spacial score (nSPS) is 15.1. The van der Waals surface area contributed by atoms with E-state index in [1.54, 1.807) is 17.0 Å². The van der Waals surface area contributed by atoms with Gasteiger partial charge >= 0.3 is 0 Å². The first-order valence-corrected chi connectivity index (χ1v) is 11.3. The number of hydrogen-bond acceptors (Lipinski definition) is 4. The van der Waals surface area contributed by atoms with Crippen molar-refractivity contribution in [1.29, 1.82) is 0 Å². The number of thiophene rings is 1. The fourth-order valence-electron chi connectivity index (χ4n) is 3.97. The quantitative estimate of drug-likeness (QED) is 0.558. The number of hydrogen-bond donors (Lipinski definition) is 1. The summed E-state index contributed by atoms with van der Waals surface area (Å²) in [6.07, 6.45) is 6.61. The summed E-state index contributed by atoms with van der Waals surface area (Å²) in [5.41, 5.74) is 1.85. The minimum Gasteiger partial charge on any atom is -0.459 e. The van der Waals surface area contributed by atoms with Gasteiger partial charge in [0.2, 0.25) is 5.91 Å². The zero-order valence-corrected chi connectivity index (χ0v) is 17.9. The summed E-state index contributed by atoms with van der Waals surface area (Å²) in [4.78, 5) is 29.4. The second kappa shape index (κ2) is 9.30. The van der Waals surface area contributed by atoms with Crippen LogP contribution >= 0.6 is 11.3 Å². The number of carbonyl (C=O) groups excluding carboxylic acids is 2. The van der Waals surface area contributed by atoms with Crippen LogP contribution in [-0.4, -0.2) is 17.9 Å². The first kappa shape index (κ1) is 20.4. The van der Waals surface area contributed by atoms with Crippen LogP contribution in [-0.2, 0) is 11.2 Å². The molecule has 1 aliphatic rings. The Hall–Kier alpha value is -2.86. The molecule has 1 aromatic carbocycles. The molecule has 3 aromatic rings. The molecule has 0 aliphatic heterocycles. The van der Waals surface area contributed by atoms with Crippen LogP contribution in [0.2, 0.25) is 0 Å². The van der Waals surface area contributed by atoms with E-state index in [1.165, 1.54) is 23.2 Å². The maximum absolute atomic E-state index is 13.5. The second-order valence-electron chi connectivity index (χ2n) is 7.58. The molecule has 1 saturated carbocycles. The van der Waals surface area contributed by atoms with Gasteiger partial charge in [0.1, 0.15) is 0 Å². The van der Waals surface area contributed by atoms with Crippen LogP contribution in [0.4, 0.5) is 5.69 Å². The smallest absolute Gasteiger partial charge is 0.295 e. The van der Waals surface area contributed by atoms with Gasteiger partial charge in [0.05, 0.1) is 6.26 Å². The lowest BCUT2D eigenvalue weighted by Gasteiger charge is -2.31. The minimum atomic E-state index is -0.754. The predicted octanol–water partition coefficient (Wildman–Crippen LogP) is 5.35. The van der Waals surface area contributed by atoms with E-state index in [-0.39, 0.29) is 23.6 Å². The Labute approximate surface area is 180 Å². The number of furan rings is 1. The molecule has 156 valence electrons. The third-order valence-corrected chi connectivity index (χ3v) is 6.52. The van der Waals surface area contributed by atoms with Crippen molar-refractivity contribution >= 4 is 28.8 Å². The van der Waals surface area contributed by atoms with E-state index in [4.69, 9.17) is 4.42 Å². The Kier molecular flexibility index (Phi) is 6.33. The maximum Gasteiger partial charge on any atom is 0.295 e. The van der Waals surface area contributed by atoms with Gasteiger partial charge in [0, 0.05) is 16.6 Å². The number of nitrogens with zero attached hydrogens (tertiary/aromatic N) is 1. The highest BCUT2D eigenvalue weighted by atomic mass is 32.1. The van der Waals surface area contributed by atoms with Gasteiger partial charge in [0.15, 0.2) is 11.8 Å². The molecule has 30 heavy (non-hydrogen) atoms. The van der Waals surface area contributed by atoms with E-state index in [0.717, 1.165) is 37.0 Å². The SMILES string of the molecule is CCc1ccc(N(C(=O)c2ccco2)[C@H](C(=O)NC2CCCC2)c2cccs2)cc1. The molecule has 4 rings (SSSR count). The molecule has 0 spiro atoms. The average molecular weight is 423 g/mol. The van der Waals surface area contributed by atoms with Gasteiger partial charge in [-0.05, 0) is 60.5 Å². The van der Waals surface area contributed by atoms with Gasteiger partial charge in [-0.3, -0.25) is 14.5 Å². The lowest BCUT2D eigenvalue weighted by atomic mass is 10.1. The monoisotopic (exact) mass is 422 g/mol. The molecule has 0 unspecified atom stereocenters. The minimum absolute atomic E-state index is 0.149. The Balaban J connectivity index is 1.75. The lowest BCUT2D eigenvalue weighted by Crippen LogP contribution is -2.46. The average Bonchev–Trinajstić information content (AvgIpc) is 3.55. The van der Waals surface area contributed by atoms with Gasteiger partial charge in [0.25, 0.3) is 5.91 Å². The topological polar surface area (TPSA) is 62.6 Å². The third-order valence-electron chi connectivity index (χ3n) is 5.59. The highest BCUT2D eigenvalue weighted by Crippen LogP contribution is 2.33. The van der Waals surface area contributed by atoms with Gasteiger partial charge in [-0.2, -0.15) is 0 Å². The lowest BCUT2D eigenvalue weighted by molar-refractivity contribution is -0.123. The van der Waals surface area contributed by atoms with Crippen LogP contribution in [0.15, 0.2) is 64.6 Å². The molecule has 2 amide bonds. The fourth-order valence-corrected chi connectivity index (χ4v) is 4.78. The molecule has 0 radical (unpaired) electrons. The first-order chi connectivity index (χ1) is 14.7. The Bertz CT molecular complexity index is 959. The molecule has 1 fully saturated rings. The Morgan fingerprint density at radius 2 is 1.90 bits per heavy atom. The van der Waals surface area contributed by atoms with E-state index < -0.39 is 6.04 Å². The Morgan fingerprint density at radius 3 is 2.50 bits per heavy atom. The van der Waals surface area contributed by atoms with Crippen LogP contribution in [0.1, 0.15) is 59.6 Å². The largest absolute Gasteiger partial charge is 0.459 e. The van der Waals surface area contributed by atoms with Gasteiger partial charge in [-0.15, -0.1) is 11.3 Å². The van der Waals surface area contributed by atoms with Gasteiger partial charge < -0.3 is 9.73 Å².